The summed E-state index contributed by atoms with van der Waals surface area (Å²) in [5, 5.41) is 14.9. The monoisotopic (exact) mass is 427 g/mol. The summed E-state index contributed by atoms with van der Waals surface area (Å²) in [4.78, 5) is 16.7. The number of nitrogens with zero attached hydrogens (tertiary/aromatic N) is 2. The van der Waals surface area contributed by atoms with E-state index in [1.165, 1.54) is 11.3 Å². The first-order valence-corrected chi connectivity index (χ1v) is 10.3. The lowest BCUT2D eigenvalue weighted by molar-refractivity contribution is -0.118. The maximum atomic E-state index is 12.2. The number of aromatic nitrogens is 1. The summed E-state index contributed by atoms with van der Waals surface area (Å²) in [6.45, 7) is -0.151. The molecule has 0 aliphatic carbocycles. The summed E-state index contributed by atoms with van der Waals surface area (Å²) in [6, 6.07) is 22.2. The number of allylic oxidation sites excluding steroid dienone is 1. The van der Waals surface area contributed by atoms with E-state index < -0.39 is 0 Å². The molecule has 1 N–H and O–H groups in total. The van der Waals surface area contributed by atoms with Crippen molar-refractivity contribution in [3.8, 4) is 23.3 Å². The van der Waals surface area contributed by atoms with Gasteiger partial charge >= 0.3 is 0 Å². The van der Waals surface area contributed by atoms with Crippen LogP contribution in [0.25, 0.3) is 23.1 Å². The molecule has 0 spiro atoms. The molecular formula is C24H17N3O3S. The number of furan rings is 1. The third kappa shape index (κ3) is 5.07. The summed E-state index contributed by atoms with van der Waals surface area (Å²) in [5.41, 5.74) is 2.45. The SMILES string of the molecule is N#C/C(=C\c1ccccc1OCC(=O)Nc1ccccc1)c1nc(-c2ccco2)cs1. The predicted molar refractivity (Wildman–Crippen MR) is 120 cm³/mol. The van der Waals surface area contributed by atoms with Gasteiger partial charge in [-0.25, -0.2) is 4.98 Å². The molecule has 0 aliphatic rings. The summed E-state index contributed by atoms with van der Waals surface area (Å²) in [7, 11) is 0. The Labute approximate surface area is 183 Å². The molecule has 0 bridgehead atoms. The van der Waals surface area contributed by atoms with Gasteiger partial charge in [-0.1, -0.05) is 36.4 Å². The third-order valence-corrected chi connectivity index (χ3v) is 5.14. The van der Waals surface area contributed by atoms with Gasteiger partial charge in [0.25, 0.3) is 5.91 Å². The van der Waals surface area contributed by atoms with E-state index in [9.17, 15) is 10.1 Å². The van der Waals surface area contributed by atoms with Gasteiger partial charge in [-0.05, 0) is 36.4 Å². The van der Waals surface area contributed by atoms with E-state index in [2.05, 4.69) is 16.4 Å². The van der Waals surface area contributed by atoms with Crippen LogP contribution >= 0.6 is 11.3 Å². The van der Waals surface area contributed by atoms with Gasteiger partial charge < -0.3 is 14.5 Å². The van der Waals surface area contributed by atoms with Crippen molar-refractivity contribution in [2.75, 3.05) is 11.9 Å². The Morgan fingerprint density at radius 2 is 1.94 bits per heavy atom. The lowest BCUT2D eigenvalue weighted by atomic mass is 10.1. The zero-order valence-corrected chi connectivity index (χ0v) is 17.1. The Morgan fingerprint density at radius 1 is 1.13 bits per heavy atom. The summed E-state index contributed by atoms with van der Waals surface area (Å²) >= 11 is 1.36. The number of nitriles is 1. The second-order valence-corrected chi connectivity index (χ2v) is 7.28. The van der Waals surface area contributed by atoms with Crippen LogP contribution in [0.4, 0.5) is 5.69 Å². The van der Waals surface area contributed by atoms with Crippen molar-refractivity contribution in [1.29, 1.82) is 5.26 Å². The molecule has 6 nitrogen and oxygen atoms in total. The van der Waals surface area contributed by atoms with Gasteiger partial charge in [-0.2, -0.15) is 5.26 Å². The Balaban J connectivity index is 1.50. The first kappa shape index (κ1) is 20.1. The average molecular weight is 427 g/mol. The second kappa shape index (κ2) is 9.57. The number of carbonyl (C=O) groups is 1. The van der Waals surface area contributed by atoms with Gasteiger partial charge in [0.05, 0.1) is 11.8 Å². The molecule has 2 heterocycles. The first-order valence-electron chi connectivity index (χ1n) is 9.41. The van der Waals surface area contributed by atoms with Gasteiger partial charge in [0.15, 0.2) is 12.4 Å². The van der Waals surface area contributed by atoms with Crippen LogP contribution in [0.1, 0.15) is 10.6 Å². The zero-order valence-electron chi connectivity index (χ0n) is 16.3. The molecular weight excluding hydrogens is 410 g/mol. The minimum absolute atomic E-state index is 0.151. The van der Waals surface area contributed by atoms with Crippen molar-refractivity contribution in [2.24, 2.45) is 0 Å². The van der Waals surface area contributed by atoms with Gasteiger partial charge in [-0.15, -0.1) is 11.3 Å². The van der Waals surface area contributed by atoms with Crippen LogP contribution in [0.3, 0.4) is 0 Å². The van der Waals surface area contributed by atoms with Crippen molar-refractivity contribution in [1.82, 2.24) is 4.98 Å². The molecule has 0 saturated heterocycles. The van der Waals surface area contributed by atoms with Crippen LogP contribution in [0.15, 0.2) is 82.8 Å². The maximum Gasteiger partial charge on any atom is 0.262 e. The van der Waals surface area contributed by atoms with Crippen LogP contribution in [-0.2, 0) is 4.79 Å². The highest BCUT2D eigenvalue weighted by Gasteiger charge is 2.12. The van der Waals surface area contributed by atoms with Gasteiger partial charge in [0.2, 0.25) is 0 Å². The van der Waals surface area contributed by atoms with E-state index in [1.807, 2.05) is 47.8 Å². The number of anilines is 1. The zero-order chi connectivity index (χ0) is 21.5. The smallest absolute Gasteiger partial charge is 0.262 e. The molecule has 1 amide bonds. The molecule has 0 radical (unpaired) electrons. The fourth-order valence-corrected chi connectivity index (χ4v) is 3.60. The van der Waals surface area contributed by atoms with Crippen LogP contribution in [0.2, 0.25) is 0 Å². The fraction of sp³-hybridized carbons (Fsp3) is 0.0417. The molecule has 4 aromatic rings. The topological polar surface area (TPSA) is 88.1 Å². The first-order chi connectivity index (χ1) is 15.2. The van der Waals surface area contributed by atoms with E-state index in [-0.39, 0.29) is 12.5 Å². The summed E-state index contributed by atoms with van der Waals surface area (Å²) in [6.07, 6.45) is 3.28. The average Bonchev–Trinajstić information content (AvgIpc) is 3.49. The van der Waals surface area contributed by atoms with Crippen molar-refractivity contribution in [2.45, 2.75) is 0 Å². The van der Waals surface area contributed by atoms with E-state index in [4.69, 9.17) is 9.15 Å². The predicted octanol–water partition coefficient (Wildman–Crippen LogP) is 5.48. The highest BCUT2D eigenvalue weighted by Crippen LogP contribution is 2.29. The van der Waals surface area contributed by atoms with E-state index in [0.717, 1.165) is 0 Å². The Kier molecular flexibility index (Phi) is 6.21. The molecule has 0 fully saturated rings. The molecule has 31 heavy (non-hydrogen) atoms. The molecule has 7 heteroatoms. The van der Waals surface area contributed by atoms with Crippen LogP contribution in [0.5, 0.6) is 5.75 Å². The van der Waals surface area contributed by atoms with Crippen LogP contribution < -0.4 is 10.1 Å². The molecule has 4 rings (SSSR count). The van der Waals surface area contributed by atoms with Crippen LogP contribution in [-0.4, -0.2) is 17.5 Å². The third-order valence-electron chi connectivity index (χ3n) is 4.26. The van der Waals surface area contributed by atoms with Gasteiger partial charge in [0.1, 0.15) is 22.5 Å². The largest absolute Gasteiger partial charge is 0.483 e. The van der Waals surface area contributed by atoms with Crippen molar-refractivity contribution in [3.63, 3.8) is 0 Å². The molecule has 0 saturated carbocycles. The Bertz CT molecular complexity index is 1240. The number of benzene rings is 2. The number of rotatable bonds is 7. The molecule has 152 valence electrons. The minimum Gasteiger partial charge on any atom is -0.483 e. The van der Waals surface area contributed by atoms with Gasteiger partial charge in [0, 0.05) is 16.6 Å². The van der Waals surface area contributed by atoms with E-state index >= 15 is 0 Å². The maximum absolute atomic E-state index is 12.2. The highest BCUT2D eigenvalue weighted by molar-refractivity contribution is 7.11. The van der Waals surface area contributed by atoms with Gasteiger partial charge in [-0.3, -0.25) is 4.79 Å². The number of nitrogens with one attached hydrogen (secondary N) is 1. The van der Waals surface area contributed by atoms with Crippen LogP contribution in [0, 0.1) is 11.3 Å². The molecule has 0 unspecified atom stereocenters. The highest BCUT2D eigenvalue weighted by atomic mass is 32.1. The molecule has 2 aromatic carbocycles. The number of hydrogen-bond acceptors (Lipinski definition) is 6. The Morgan fingerprint density at radius 3 is 2.71 bits per heavy atom. The second-order valence-electron chi connectivity index (χ2n) is 6.43. The quantitative estimate of drug-likeness (QED) is 0.394. The Hall–Kier alpha value is -4.15. The lowest BCUT2D eigenvalue weighted by Crippen LogP contribution is -2.20. The number of thiazole rings is 1. The standard InChI is InChI=1S/C24H17N3O3S/c25-14-18(24-27-20(16-31-24)22-11-6-12-29-22)13-17-7-4-5-10-21(17)30-15-23(28)26-19-8-2-1-3-9-19/h1-13,16H,15H2,(H,26,28)/b18-13+. The number of carbonyl (C=O) groups excluding carboxylic acids is 1. The lowest BCUT2D eigenvalue weighted by Gasteiger charge is -2.10. The normalized spacial score (nSPS) is 11.0. The van der Waals surface area contributed by atoms with Crippen molar-refractivity contribution >= 4 is 34.6 Å². The van der Waals surface area contributed by atoms with E-state index in [1.54, 1.807) is 36.6 Å². The minimum atomic E-state index is -0.270. The number of hydrogen-bond donors (Lipinski definition) is 1. The van der Waals surface area contributed by atoms with Crippen molar-refractivity contribution in [3.05, 3.63) is 88.9 Å². The molecule has 0 atom stereocenters. The number of amides is 1. The molecule has 0 aliphatic heterocycles. The van der Waals surface area contributed by atoms with E-state index in [0.29, 0.717) is 39.0 Å². The van der Waals surface area contributed by atoms with Crippen molar-refractivity contribution < 1.29 is 13.9 Å². The number of ether oxygens (including phenoxy) is 1. The fourth-order valence-electron chi connectivity index (χ4n) is 2.83. The number of para-hydroxylation sites is 2. The summed E-state index contributed by atoms with van der Waals surface area (Å²) in [5.74, 6) is 0.878. The molecule has 2 aromatic heterocycles. The summed E-state index contributed by atoms with van der Waals surface area (Å²) < 4.78 is 11.1.